The molecule has 1 aromatic carbocycles. The third-order valence-electron chi connectivity index (χ3n) is 5.89. The number of carbonyl (C=O) groups excluding carboxylic acids is 2. The molecule has 6 rings (SSSR count). The summed E-state index contributed by atoms with van der Waals surface area (Å²) in [5.41, 5.74) is -0.294. The molecule has 158 valence electrons. The van der Waals surface area contributed by atoms with Crippen molar-refractivity contribution in [2.24, 2.45) is 5.41 Å². The highest BCUT2D eigenvalue weighted by Crippen LogP contribution is 2.69. The largest absolute Gasteiger partial charge is 0.486 e. The topological polar surface area (TPSA) is 73.9 Å². The standard InChI is InChI=1S/C21H19ClFNO5S/c22-14-2-1-13(5-15(14)23)29-7-12(25)6-20-9-21(10-20,11-20)24-19(26)18-17-16(8-30-18)27-3-4-28-17/h1-2,5,8H,3-4,6-7,9-11H2,(H,24,26). The van der Waals surface area contributed by atoms with Crippen LogP contribution in [0.3, 0.4) is 0 Å². The Morgan fingerprint density at radius 2 is 2.00 bits per heavy atom. The Kier molecular flexibility index (Phi) is 4.67. The van der Waals surface area contributed by atoms with Gasteiger partial charge in [0.05, 0.1) is 5.02 Å². The number of amides is 1. The SMILES string of the molecule is O=C(COc1ccc(Cl)c(F)c1)CC12CC(NC(=O)c3scc4c3OCCO4)(C1)C2. The molecule has 2 bridgehead atoms. The van der Waals surface area contributed by atoms with Crippen molar-refractivity contribution in [2.45, 2.75) is 31.2 Å². The zero-order valence-electron chi connectivity index (χ0n) is 16.0. The highest BCUT2D eigenvalue weighted by atomic mass is 35.5. The first-order valence-electron chi connectivity index (χ1n) is 9.66. The van der Waals surface area contributed by atoms with Crippen LogP contribution >= 0.6 is 22.9 Å². The first-order chi connectivity index (χ1) is 14.4. The summed E-state index contributed by atoms with van der Waals surface area (Å²) in [7, 11) is 0. The molecule has 2 aromatic rings. The molecule has 1 N–H and O–H groups in total. The molecule has 1 aromatic heterocycles. The van der Waals surface area contributed by atoms with Crippen LogP contribution in [0.15, 0.2) is 23.6 Å². The Morgan fingerprint density at radius 3 is 2.77 bits per heavy atom. The van der Waals surface area contributed by atoms with Gasteiger partial charge in [-0.05, 0) is 36.8 Å². The Labute approximate surface area is 181 Å². The number of ether oxygens (including phenoxy) is 3. The molecule has 1 amide bonds. The fourth-order valence-corrected chi connectivity index (χ4v) is 5.78. The van der Waals surface area contributed by atoms with Gasteiger partial charge in [0.1, 0.15) is 36.3 Å². The van der Waals surface area contributed by atoms with Crippen LogP contribution in [-0.2, 0) is 4.79 Å². The van der Waals surface area contributed by atoms with E-state index in [-0.39, 0.29) is 40.0 Å². The Bertz CT molecular complexity index is 1020. The van der Waals surface area contributed by atoms with Gasteiger partial charge < -0.3 is 19.5 Å². The summed E-state index contributed by atoms with van der Waals surface area (Å²) in [6, 6.07) is 4.09. The first kappa shape index (κ1) is 19.6. The van der Waals surface area contributed by atoms with E-state index in [0.29, 0.717) is 36.0 Å². The van der Waals surface area contributed by atoms with Crippen molar-refractivity contribution in [3.05, 3.63) is 39.3 Å². The maximum Gasteiger partial charge on any atom is 0.265 e. The molecule has 0 saturated heterocycles. The maximum atomic E-state index is 13.4. The average molecular weight is 452 g/mol. The molecular weight excluding hydrogens is 433 g/mol. The summed E-state index contributed by atoms with van der Waals surface area (Å²) in [6.07, 6.45) is 2.72. The number of hydrogen-bond donors (Lipinski definition) is 1. The van der Waals surface area contributed by atoms with Crippen molar-refractivity contribution in [3.63, 3.8) is 0 Å². The molecule has 6 nitrogen and oxygen atoms in total. The normalized spacial score (nSPS) is 25.7. The lowest BCUT2D eigenvalue weighted by Gasteiger charge is -2.70. The van der Waals surface area contributed by atoms with E-state index >= 15 is 0 Å². The van der Waals surface area contributed by atoms with E-state index in [2.05, 4.69) is 5.32 Å². The van der Waals surface area contributed by atoms with E-state index in [1.54, 1.807) is 5.38 Å². The van der Waals surface area contributed by atoms with Gasteiger partial charge in [0, 0.05) is 23.4 Å². The smallest absolute Gasteiger partial charge is 0.265 e. The van der Waals surface area contributed by atoms with E-state index in [4.69, 9.17) is 25.8 Å². The van der Waals surface area contributed by atoms with Gasteiger partial charge in [-0.15, -0.1) is 11.3 Å². The average Bonchev–Trinajstić information content (AvgIpc) is 3.10. The van der Waals surface area contributed by atoms with Crippen LogP contribution in [0, 0.1) is 11.2 Å². The summed E-state index contributed by atoms with van der Waals surface area (Å²) in [4.78, 5) is 25.5. The van der Waals surface area contributed by atoms with Crippen molar-refractivity contribution >= 4 is 34.6 Å². The number of carbonyl (C=O) groups is 2. The highest BCUT2D eigenvalue weighted by molar-refractivity contribution is 7.12. The van der Waals surface area contributed by atoms with Gasteiger partial charge >= 0.3 is 0 Å². The van der Waals surface area contributed by atoms with Crippen LogP contribution in [0.5, 0.6) is 17.2 Å². The molecule has 0 unspecified atom stereocenters. The lowest BCUT2D eigenvalue weighted by Crippen LogP contribution is -2.75. The van der Waals surface area contributed by atoms with Gasteiger partial charge in [-0.1, -0.05) is 11.6 Å². The van der Waals surface area contributed by atoms with Crippen molar-refractivity contribution in [3.8, 4) is 17.2 Å². The maximum absolute atomic E-state index is 13.4. The minimum absolute atomic E-state index is 0.0111. The van der Waals surface area contributed by atoms with E-state index in [9.17, 15) is 14.0 Å². The number of rotatable bonds is 7. The van der Waals surface area contributed by atoms with Crippen LogP contribution in [0.4, 0.5) is 4.39 Å². The summed E-state index contributed by atoms with van der Waals surface area (Å²) in [5.74, 6) is 0.648. The molecule has 0 spiro atoms. The molecule has 3 fully saturated rings. The molecule has 4 aliphatic rings. The highest BCUT2D eigenvalue weighted by Gasteiger charge is 2.68. The van der Waals surface area contributed by atoms with Crippen molar-refractivity contribution in [1.82, 2.24) is 5.32 Å². The van der Waals surface area contributed by atoms with Crippen molar-refractivity contribution in [2.75, 3.05) is 19.8 Å². The van der Waals surface area contributed by atoms with E-state index in [1.165, 1.54) is 29.5 Å². The number of hydrogen-bond acceptors (Lipinski definition) is 6. The van der Waals surface area contributed by atoms with Crippen LogP contribution < -0.4 is 19.5 Å². The predicted octanol–water partition coefficient (Wildman–Crippen LogP) is 4.00. The van der Waals surface area contributed by atoms with Gasteiger partial charge in [0.2, 0.25) is 0 Å². The van der Waals surface area contributed by atoms with Crippen LogP contribution in [0.1, 0.15) is 35.4 Å². The van der Waals surface area contributed by atoms with Crippen LogP contribution in [0.25, 0.3) is 0 Å². The quantitative estimate of drug-likeness (QED) is 0.688. The first-order valence-corrected chi connectivity index (χ1v) is 10.9. The van der Waals surface area contributed by atoms with Crippen molar-refractivity contribution < 1.29 is 28.2 Å². The van der Waals surface area contributed by atoms with Gasteiger partial charge in [-0.3, -0.25) is 9.59 Å². The third kappa shape index (κ3) is 3.41. The van der Waals surface area contributed by atoms with E-state index in [0.717, 1.165) is 19.3 Å². The molecule has 0 atom stereocenters. The molecule has 1 aliphatic heterocycles. The van der Waals surface area contributed by atoms with Gasteiger partial charge in [-0.25, -0.2) is 4.39 Å². The van der Waals surface area contributed by atoms with Gasteiger partial charge in [-0.2, -0.15) is 0 Å². The second-order valence-electron chi connectivity index (χ2n) is 8.30. The Hall–Kier alpha value is -2.32. The van der Waals surface area contributed by atoms with Crippen LogP contribution in [-0.4, -0.2) is 37.0 Å². The molecule has 9 heteroatoms. The van der Waals surface area contributed by atoms with Gasteiger partial charge in [0.15, 0.2) is 17.3 Å². The predicted molar refractivity (Wildman–Crippen MR) is 108 cm³/mol. The third-order valence-corrected chi connectivity index (χ3v) is 7.13. The number of ketones is 1. The number of halogens is 2. The van der Waals surface area contributed by atoms with Crippen molar-refractivity contribution in [1.29, 1.82) is 0 Å². The zero-order valence-corrected chi connectivity index (χ0v) is 17.5. The molecular formula is C21H19ClFNO5S. The molecule has 0 radical (unpaired) electrons. The fourth-order valence-electron chi connectivity index (χ4n) is 4.84. The Balaban J connectivity index is 1.11. The van der Waals surface area contributed by atoms with Crippen LogP contribution in [0.2, 0.25) is 5.02 Å². The zero-order chi connectivity index (χ0) is 20.9. The number of benzene rings is 1. The summed E-state index contributed by atoms with van der Waals surface area (Å²) in [6.45, 7) is 0.813. The van der Waals surface area contributed by atoms with E-state index in [1.807, 2.05) is 0 Å². The lowest BCUT2D eigenvalue weighted by molar-refractivity contribution is -0.162. The molecule has 30 heavy (non-hydrogen) atoms. The number of nitrogens with one attached hydrogen (secondary N) is 1. The van der Waals surface area contributed by atoms with Gasteiger partial charge in [0.25, 0.3) is 5.91 Å². The Morgan fingerprint density at radius 1 is 1.23 bits per heavy atom. The second-order valence-corrected chi connectivity index (χ2v) is 9.59. The second kappa shape index (κ2) is 7.13. The molecule has 3 saturated carbocycles. The summed E-state index contributed by atoms with van der Waals surface area (Å²) < 4.78 is 29.9. The summed E-state index contributed by atoms with van der Waals surface area (Å²) in [5, 5.41) is 4.92. The van der Waals surface area contributed by atoms with E-state index < -0.39 is 5.82 Å². The lowest BCUT2D eigenvalue weighted by atomic mass is 9.38. The monoisotopic (exact) mass is 451 g/mol. The fraction of sp³-hybridized carbons (Fsp3) is 0.429. The summed E-state index contributed by atoms with van der Waals surface area (Å²) >= 11 is 6.95. The minimum Gasteiger partial charge on any atom is -0.486 e. The number of Topliss-reactive ketones (excluding diaryl/α,β-unsaturated/α-hetero) is 1. The number of fused-ring (bicyclic) bond motifs is 1. The number of thiophene rings is 1. The molecule has 3 aliphatic carbocycles. The minimum atomic E-state index is -0.581. The molecule has 2 heterocycles.